The van der Waals surface area contributed by atoms with Gasteiger partial charge >= 0.3 is 0 Å². The van der Waals surface area contributed by atoms with Gasteiger partial charge in [-0.3, -0.25) is 0 Å². The third kappa shape index (κ3) is 3.10. The summed E-state index contributed by atoms with van der Waals surface area (Å²) in [5.41, 5.74) is 2.52. The molecule has 0 aromatic heterocycles. The van der Waals surface area contributed by atoms with Crippen LogP contribution in [0.3, 0.4) is 0 Å². The molecule has 0 saturated heterocycles. The van der Waals surface area contributed by atoms with Crippen LogP contribution < -0.4 is 14.8 Å². The molecule has 4 heteroatoms. The van der Waals surface area contributed by atoms with E-state index in [1.807, 2.05) is 30.0 Å². The molecule has 0 bridgehead atoms. The van der Waals surface area contributed by atoms with E-state index in [1.165, 1.54) is 10.5 Å². The molecule has 21 heavy (non-hydrogen) atoms. The van der Waals surface area contributed by atoms with Crippen molar-refractivity contribution in [1.82, 2.24) is 0 Å². The zero-order chi connectivity index (χ0) is 14.7. The van der Waals surface area contributed by atoms with Crippen LogP contribution in [0.2, 0.25) is 0 Å². The standard InChI is InChI=1S/C17H19NO2S/c1-19-15-8-7-13(10-16(15)20-2)18-11-14-9-12-5-3-4-6-17(12)21-14/h3-8,10,14,18H,9,11H2,1-2H3. The van der Waals surface area contributed by atoms with E-state index in [4.69, 9.17) is 9.47 Å². The lowest BCUT2D eigenvalue weighted by molar-refractivity contribution is 0.355. The highest BCUT2D eigenvalue weighted by Gasteiger charge is 2.21. The summed E-state index contributed by atoms with van der Waals surface area (Å²) < 4.78 is 10.6. The first kappa shape index (κ1) is 14.1. The fraction of sp³-hybridized carbons (Fsp3) is 0.294. The van der Waals surface area contributed by atoms with E-state index in [9.17, 15) is 0 Å². The molecule has 0 radical (unpaired) electrons. The molecule has 0 spiro atoms. The minimum absolute atomic E-state index is 0.579. The quantitative estimate of drug-likeness (QED) is 0.909. The van der Waals surface area contributed by atoms with Gasteiger partial charge in [0, 0.05) is 28.4 Å². The van der Waals surface area contributed by atoms with Gasteiger partial charge < -0.3 is 14.8 Å². The Hall–Kier alpha value is -1.81. The van der Waals surface area contributed by atoms with Crippen molar-refractivity contribution >= 4 is 17.4 Å². The van der Waals surface area contributed by atoms with Crippen molar-refractivity contribution in [2.24, 2.45) is 0 Å². The third-order valence-electron chi connectivity index (χ3n) is 3.63. The Bertz CT molecular complexity index is 605. The maximum atomic E-state index is 5.33. The van der Waals surface area contributed by atoms with Crippen molar-refractivity contribution in [3.05, 3.63) is 48.0 Å². The summed E-state index contributed by atoms with van der Waals surface area (Å²) in [7, 11) is 3.31. The summed E-state index contributed by atoms with van der Waals surface area (Å²) in [5.74, 6) is 1.51. The van der Waals surface area contributed by atoms with Gasteiger partial charge in [-0.2, -0.15) is 0 Å². The molecular weight excluding hydrogens is 282 g/mol. The minimum atomic E-state index is 0.579. The smallest absolute Gasteiger partial charge is 0.162 e. The van der Waals surface area contributed by atoms with Crippen molar-refractivity contribution < 1.29 is 9.47 Å². The Morgan fingerprint density at radius 3 is 2.67 bits per heavy atom. The summed E-state index contributed by atoms with van der Waals surface area (Å²) in [4.78, 5) is 1.41. The lowest BCUT2D eigenvalue weighted by Gasteiger charge is -2.13. The van der Waals surface area contributed by atoms with E-state index in [2.05, 4.69) is 29.6 Å². The molecule has 110 valence electrons. The third-order valence-corrected chi connectivity index (χ3v) is 4.95. The Morgan fingerprint density at radius 1 is 1.10 bits per heavy atom. The second-order valence-corrected chi connectivity index (χ2v) is 6.34. The Morgan fingerprint density at radius 2 is 1.90 bits per heavy atom. The molecule has 2 aromatic carbocycles. The lowest BCUT2D eigenvalue weighted by atomic mass is 10.1. The SMILES string of the molecule is COc1ccc(NCC2Cc3ccccc3S2)cc1OC. The van der Waals surface area contributed by atoms with Crippen LogP contribution in [0.15, 0.2) is 47.4 Å². The summed E-state index contributed by atoms with van der Waals surface area (Å²) in [6, 6.07) is 14.6. The maximum absolute atomic E-state index is 5.33. The van der Waals surface area contributed by atoms with Crippen LogP contribution in [-0.2, 0) is 6.42 Å². The molecule has 0 saturated carbocycles. The fourth-order valence-corrected chi connectivity index (χ4v) is 3.79. The van der Waals surface area contributed by atoms with E-state index >= 15 is 0 Å². The molecule has 1 aliphatic heterocycles. The van der Waals surface area contributed by atoms with E-state index < -0.39 is 0 Å². The minimum Gasteiger partial charge on any atom is -0.493 e. The molecule has 1 unspecified atom stereocenters. The van der Waals surface area contributed by atoms with E-state index in [1.54, 1.807) is 14.2 Å². The fourth-order valence-electron chi connectivity index (χ4n) is 2.55. The van der Waals surface area contributed by atoms with Gasteiger partial charge in [-0.15, -0.1) is 11.8 Å². The van der Waals surface area contributed by atoms with Gasteiger partial charge in [-0.05, 0) is 30.2 Å². The zero-order valence-corrected chi connectivity index (χ0v) is 13.1. The van der Waals surface area contributed by atoms with Crippen molar-refractivity contribution in [3.8, 4) is 11.5 Å². The topological polar surface area (TPSA) is 30.5 Å². The molecule has 0 amide bonds. The number of ether oxygens (including phenoxy) is 2. The van der Waals surface area contributed by atoms with E-state index in [0.717, 1.165) is 30.2 Å². The number of hydrogen-bond acceptors (Lipinski definition) is 4. The average Bonchev–Trinajstić information content (AvgIpc) is 2.95. The van der Waals surface area contributed by atoms with Crippen LogP contribution in [-0.4, -0.2) is 26.0 Å². The number of fused-ring (bicyclic) bond motifs is 1. The normalized spacial score (nSPS) is 16.4. The molecule has 1 heterocycles. The predicted molar refractivity (Wildman–Crippen MR) is 87.8 cm³/mol. The number of anilines is 1. The van der Waals surface area contributed by atoms with Gasteiger partial charge in [0.05, 0.1) is 14.2 Å². The number of nitrogens with one attached hydrogen (secondary N) is 1. The predicted octanol–water partition coefficient (Wildman–Crippen LogP) is 3.83. The summed E-state index contributed by atoms with van der Waals surface area (Å²) in [5, 5.41) is 4.07. The van der Waals surface area contributed by atoms with E-state index in [-0.39, 0.29) is 0 Å². The van der Waals surface area contributed by atoms with Crippen LogP contribution in [0, 0.1) is 0 Å². The van der Waals surface area contributed by atoms with Crippen LogP contribution in [0.5, 0.6) is 11.5 Å². The highest BCUT2D eigenvalue weighted by molar-refractivity contribution is 8.00. The lowest BCUT2D eigenvalue weighted by Crippen LogP contribution is -2.15. The highest BCUT2D eigenvalue weighted by atomic mass is 32.2. The van der Waals surface area contributed by atoms with Crippen molar-refractivity contribution in [1.29, 1.82) is 0 Å². The Kier molecular flexibility index (Phi) is 4.25. The van der Waals surface area contributed by atoms with Gasteiger partial charge in [0.15, 0.2) is 11.5 Å². The molecule has 0 fully saturated rings. The van der Waals surface area contributed by atoms with Crippen LogP contribution in [0.25, 0.3) is 0 Å². The summed E-state index contributed by atoms with van der Waals surface area (Å²) >= 11 is 1.95. The molecule has 2 aromatic rings. The van der Waals surface area contributed by atoms with Gasteiger partial charge in [0.1, 0.15) is 0 Å². The van der Waals surface area contributed by atoms with Gasteiger partial charge in [-0.1, -0.05) is 18.2 Å². The van der Waals surface area contributed by atoms with Crippen LogP contribution >= 0.6 is 11.8 Å². The monoisotopic (exact) mass is 301 g/mol. The number of thioether (sulfide) groups is 1. The number of rotatable bonds is 5. The highest BCUT2D eigenvalue weighted by Crippen LogP contribution is 2.37. The average molecular weight is 301 g/mol. The first-order chi connectivity index (χ1) is 10.3. The van der Waals surface area contributed by atoms with Gasteiger partial charge in [-0.25, -0.2) is 0 Å². The number of benzene rings is 2. The van der Waals surface area contributed by atoms with Crippen LogP contribution in [0.4, 0.5) is 5.69 Å². The second-order valence-electron chi connectivity index (χ2n) is 5.00. The summed E-state index contributed by atoms with van der Waals surface area (Å²) in [6.07, 6.45) is 1.13. The zero-order valence-electron chi connectivity index (χ0n) is 12.3. The first-order valence-electron chi connectivity index (χ1n) is 7.00. The largest absolute Gasteiger partial charge is 0.493 e. The van der Waals surface area contributed by atoms with Crippen LogP contribution in [0.1, 0.15) is 5.56 Å². The summed E-state index contributed by atoms with van der Waals surface area (Å²) in [6.45, 7) is 0.939. The molecule has 1 atom stereocenters. The van der Waals surface area contributed by atoms with Crippen molar-refractivity contribution in [2.75, 3.05) is 26.1 Å². The molecule has 0 aliphatic carbocycles. The van der Waals surface area contributed by atoms with Crippen molar-refractivity contribution in [3.63, 3.8) is 0 Å². The van der Waals surface area contributed by atoms with Gasteiger partial charge in [0.25, 0.3) is 0 Å². The molecule has 3 nitrogen and oxygen atoms in total. The molecular formula is C17H19NO2S. The number of hydrogen-bond donors (Lipinski definition) is 1. The Labute approximate surface area is 129 Å². The van der Waals surface area contributed by atoms with Gasteiger partial charge in [0.2, 0.25) is 0 Å². The molecule has 1 aliphatic rings. The maximum Gasteiger partial charge on any atom is 0.162 e. The first-order valence-corrected chi connectivity index (χ1v) is 7.88. The molecule has 3 rings (SSSR count). The van der Waals surface area contributed by atoms with Crippen molar-refractivity contribution in [2.45, 2.75) is 16.6 Å². The second kappa shape index (κ2) is 6.31. The Balaban J connectivity index is 1.62. The van der Waals surface area contributed by atoms with E-state index in [0.29, 0.717) is 5.25 Å². The number of methoxy groups -OCH3 is 2. The molecule has 1 N–H and O–H groups in total.